The van der Waals surface area contributed by atoms with Crippen LogP contribution in [0.5, 0.6) is 0 Å². The number of imidazole rings is 2. The first kappa shape index (κ1) is 46.3. The van der Waals surface area contributed by atoms with Crippen LogP contribution in [0, 0.1) is 10.8 Å². The minimum absolute atomic E-state index is 0.220. The Bertz CT molecular complexity index is 2100. The van der Waals surface area contributed by atoms with E-state index in [0.717, 1.165) is 72.2 Å². The number of ether oxygens (including phenoxy) is 2. The van der Waals surface area contributed by atoms with Crippen LogP contribution in [0.15, 0.2) is 60.9 Å². The summed E-state index contributed by atoms with van der Waals surface area (Å²) < 4.78 is 10.4. The Morgan fingerprint density at radius 2 is 1.06 bits per heavy atom. The minimum atomic E-state index is -1.03. The van der Waals surface area contributed by atoms with E-state index in [2.05, 4.69) is 121 Å². The number of alkyl carbamates (subject to hydrolysis) is 2. The van der Waals surface area contributed by atoms with Crippen molar-refractivity contribution in [1.29, 1.82) is 0 Å². The zero-order chi connectivity index (χ0) is 44.7. The number of benzene rings is 2. The lowest BCUT2D eigenvalue weighted by Crippen LogP contribution is -2.63. The second-order valence-electron chi connectivity index (χ2n) is 19.2. The molecular formula is C48H68N8O6. The van der Waals surface area contributed by atoms with Crippen molar-refractivity contribution in [3.63, 3.8) is 0 Å². The van der Waals surface area contributed by atoms with Crippen LogP contribution in [0.3, 0.4) is 0 Å². The number of aromatic amines is 2. The molecule has 2 aromatic heterocycles. The SMILES string of the molecule is CCOC(=O)NC1(C(=O)NC(c2ncc(-c3ccc(-c4ccc(-c5cnc(C(NC(O)C6(NC(=O)OCC)CCCCC6)C(C)(C)C)[nH]5)cc4)cc3)[nH]2)C(C)(C)C)CCCCC1. The number of H-pyrrole nitrogens is 2. The van der Waals surface area contributed by atoms with Crippen LogP contribution in [0.4, 0.5) is 9.59 Å². The topological polar surface area (TPSA) is 195 Å². The molecule has 0 bridgehead atoms. The third kappa shape index (κ3) is 10.9. The molecule has 3 amide bonds. The molecular weight excluding hydrogens is 785 g/mol. The van der Waals surface area contributed by atoms with E-state index in [1.807, 2.05) is 6.20 Å². The lowest BCUT2D eigenvalue weighted by Gasteiger charge is -2.44. The Morgan fingerprint density at radius 3 is 1.52 bits per heavy atom. The average molecular weight is 853 g/mol. The molecule has 0 radical (unpaired) electrons. The Hall–Kier alpha value is -5.21. The van der Waals surface area contributed by atoms with E-state index in [1.54, 1.807) is 20.0 Å². The molecule has 2 fully saturated rings. The molecule has 3 unspecified atom stereocenters. The van der Waals surface area contributed by atoms with Crippen LogP contribution in [0.1, 0.15) is 143 Å². The maximum atomic E-state index is 14.0. The van der Waals surface area contributed by atoms with Gasteiger partial charge in [-0.3, -0.25) is 10.1 Å². The van der Waals surface area contributed by atoms with Gasteiger partial charge in [0.1, 0.15) is 23.4 Å². The summed E-state index contributed by atoms with van der Waals surface area (Å²) in [5, 5.41) is 24.3. The molecule has 6 rings (SSSR count). The van der Waals surface area contributed by atoms with Gasteiger partial charge in [-0.15, -0.1) is 0 Å². The van der Waals surface area contributed by atoms with E-state index in [4.69, 9.17) is 19.4 Å². The Kier molecular flexibility index (Phi) is 14.5. The minimum Gasteiger partial charge on any atom is -0.450 e. The third-order valence-electron chi connectivity index (χ3n) is 12.4. The van der Waals surface area contributed by atoms with Gasteiger partial charge in [-0.05, 0) is 72.6 Å². The van der Waals surface area contributed by atoms with Crippen LogP contribution in [-0.2, 0) is 14.3 Å². The van der Waals surface area contributed by atoms with Gasteiger partial charge in [0.2, 0.25) is 5.91 Å². The van der Waals surface area contributed by atoms with Crippen LogP contribution >= 0.6 is 0 Å². The highest BCUT2D eigenvalue weighted by Crippen LogP contribution is 2.38. The number of hydrogen-bond donors (Lipinski definition) is 7. The summed E-state index contributed by atoms with van der Waals surface area (Å²) in [6.45, 7) is 16.5. The van der Waals surface area contributed by atoms with Crippen molar-refractivity contribution in [2.24, 2.45) is 10.8 Å². The largest absolute Gasteiger partial charge is 0.450 e. The monoisotopic (exact) mass is 853 g/mol. The standard InChI is InChI=1S/C48H68N8O6/c1-9-61-43(59)55-47(25-13-11-14-26-47)41(57)53-37(45(3,4)5)39-49-29-35(51-39)33-21-17-31(18-22-33)32-19-23-34(24-20-32)36-30-50-40(52-36)38(46(6,7)8)54-42(58)48(27-15-12-16-28-48)56-44(60)62-10-2/h17-24,29-30,37-38,41,53,57H,9-16,25-28H2,1-8H3,(H,49,51)(H,50,52)(H,54,58)(H,55,59)(H,56,60). The van der Waals surface area contributed by atoms with Gasteiger partial charge in [-0.25, -0.2) is 19.6 Å². The summed E-state index contributed by atoms with van der Waals surface area (Å²) in [7, 11) is 0. The second kappa shape index (κ2) is 19.5. The zero-order valence-corrected chi connectivity index (χ0v) is 37.9. The summed E-state index contributed by atoms with van der Waals surface area (Å²) in [5.41, 5.74) is 3.16. The quantitative estimate of drug-likeness (QED) is 0.0605. The van der Waals surface area contributed by atoms with E-state index in [-0.39, 0.29) is 36.0 Å². The summed E-state index contributed by atoms with van der Waals surface area (Å²) in [6, 6.07) is 15.8. The molecule has 7 N–H and O–H groups in total. The fraction of sp³-hybridized carbons (Fsp3) is 0.562. The predicted octanol–water partition coefficient (Wildman–Crippen LogP) is 9.23. The number of nitrogens with one attached hydrogen (secondary N) is 6. The third-order valence-corrected chi connectivity index (χ3v) is 12.4. The summed E-state index contributed by atoms with van der Waals surface area (Å²) in [6.07, 6.45) is 9.51. The first-order chi connectivity index (χ1) is 29.5. The van der Waals surface area contributed by atoms with E-state index >= 15 is 0 Å². The number of nitrogens with zero attached hydrogens (tertiary/aromatic N) is 2. The highest BCUT2D eigenvalue weighted by Gasteiger charge is 2.45. The molecule has 2 saturated carbocycles. The summed E-state index contributed by atoms with van der Waals surface area (Å²) >= 11 is 0. The van der Waals surface area contributed by atoms with Crippen molar-refractivity contribution in [3.8, 4) is 33.6 Å². The number of aliphatic hydroxyl groups excluding tert-OH is 1. The number of hydrogen-bond acceptors (Lipinski definition) is 9. The average Bonchev–Trinajstić information content (AvgIpc) is 3.93. The molecule has 2 heterocycles. The molecule has 0 spiro atoms. The van der Waals surface area contributed by atoms with Crippen molar-refractivity contribution >= 4 is 18.1 Å². The number of aromatic nitrogens is 4. The van der Waals surface area contributed by atoms with Gasteiger partial charge in [0.25, 0.3) is 0 Å². The van der Waals surface area contributed by atoms with Crippen LogP contribution in [0.2, 0.25) is 0 Å². The normalized spacial score (nSPS) is 17.9. The lowest BCUT2D eigenvalue weighted by molar-refractivity contribution is -0.130. The van der Waals surface area contributed by atoms with E-state index in [9.17, 15) is 19.5 Å². The number of rotatable bonds is 14. The summed E-state index contributed by atoms with van der Waals surface area (Å²) in [4.78, 5) is 55.6. The van der Waals surface area contributed by atoms with Crippen molar-refractivity contribution < 1.29 is 29.0 Å². The molecule has 2 aliphatic carbocycles. The summed E-state index contributed by atoms with van der Waals surface area (Å²) in [5.74, 6) is 1.12. The van der Waals surface area contributed by atoms with Crippen molar-refractivity contribution in [3.05, 3.63) is 72.6 Å². The van der Waals surface area contributed by atoms with Gasteiger partial charge < -0.3 is 40.5 Å². The highest BCUT2D eigenvalue weighted by molar-refractivity contribution is 5.90. The molecule has 0 saturated heterocycles. The molecule has 14 nitrogen and oxygen atoms in total. The van der Waals surface area contributed by atoms with Gasteiger partial charge in [-0.2, -0.15) is 0 Å². The number of carbonyl (C=O) groups excluding carboxylic acids is 3. The van der Waals surface area contributed by atoms with Crippen molar-refractivity contribution in [2.75, 3.05) is 13.2 Å². The Labute approximate surface area is 366 Å². The molecule has 2 aliphatic rings. The smallest absolute Gasteiger partial charge is 0.407 e. The van der Waals surface area contributed by atoms with Gasteiger partial charge in [0, 0.05) is 0 Å². The Balaban J connectivity index is 1.14. The Morgan fingerprint density at radius 1 is 0.645 bits per heavy atom. The van der Waals surface area contributed by atoms with Gasteiger partial charge >= 0.3 is 12.2 Å². The van der Waals surface area contributed by atoms with Gasteiger partial charge in [0.15, 0.2) is 0 Å². The molecule has 14 heteroatoms. The van der Waals surface area contributed by atoms with Gasteiger partial charge in [-0.1, -0.05) is 129 Å². The zero-order valence-electron chi connectivity index (χ0n) is 37.9. The van der Waals surface area contributed by atoms with Crippen LogP contribution in [-0.4, -0.2) is 73.7 Å². The first-order valence-corrected chi connectivity index (χ1v) is 22.4. The van der Waals surface area contributed by atoms with Crippen molar-refractivity contribution in [2.45, 2.75) is 149 Å². The van der Waals surface area contributed by atoms with Crippen LogP contribution < -0.4 is 21.3 Å². The number of aliphatic hydroxyl groups is 1. The fourth-order valence-electron chi connectivity index (χ4n) is 8.91. The molecule has 3 atom stereocenters. The molecule has 2 aromatic carbocycles. The lowest BCUT2D eigenvalue weighted by atomic mass is 9.78. The maximum absolute atomic E-state index is 14.0. The number of amides is 3. The fourth-order valence-corrected chi connectivity index (χ4v) is 8.91. The first-order valence-electron chi connectivity index (χ1n) is 22.4. The van der Waals surface area contributed by atoms with E-state index in [1.165, 1.54) is 0 Å². The van der Waals surface area contributed by atoms with Gasteiger partial charge in [0.05, 0.1) is 54.6 Å². The molecule has 4 aromatic rings. The molecule has 0 aliphatic heterocycles. The van der Waals surface area contributed by atoms with E-state index < -0.39 is 35.5 Å². The molecule has 62 heavy (non-hydrogen) atoms. The van der Waals surface area contributed by atoms with E-state index in [0.29, 0.717) is 37.3 Å². The van der Waals surface area contributed by atoms with Crippen molar-refractivity contribution in [1.82, 2.24) is 41.2 Å². The molecule has 336 valence electrons. The maximum Gasteiger partial charge on any atom is 0.407 e. The van der Waals surface area contributed by atoms with Crippen LogP contribution in [0.25, 0.3) is 33.6 Å². The highest BCUT2D eigenvalue weighted by atomic mass is 16.6. The predicted molar refractivity (Wildman–Crippen MR) is 241 cm³/mol. The second-order valence-corrected chi connectivity index (χ2v) is 19.2. The number of carbonyl (C=O) groups is 3.